The van der Waals surface area contributed by atoms with Crippen molar-refractivity contribution in [2.75, 3.05) is 17.7 Å². The van der Waals surface area contributed by atoms with E-state index in [0.29, 0.717) is 16.7 Å². The topological polar surface area (TPSA) is 62.4 Å². The Morgan fingerprint density at radius 1 is 1.50 bits per heavy atom. The summed E-state index contributed by atoms with van der Waals surface area (Å²) in [5.41, 5.74) is 8.30. The Labute approximate surface area is 110 Å². The number of nitrogen functional groups attached to an aromatic ring is 1. The molecule has 2 rings (SSSR count). The quantitative estimate of drug-likeness (QED) is 0.834. The maximum atomic E-state index is 9.57. The summed E-state index contributed by atoms with van der Waals surface area (Å²) in [7, 11) is 2.00. The number of hydrogen-bond donors (Lipinski definition) is 2. The van der Waals surface area contributed by atoms with Gasteiger partial charge >= 0.3 is 0 Å². The molecule has 2 aromatic rings. The maximum absolute atomic E-state index is 9.57. The fourth-order valence-electron chi connectivity index (χ4n) is 1.74. The summed E-state index contributed by atoms with van der Waals surface area (Å²) in [6.07, 6.45) is 0. The average molecular weight is 263 g/mol. The largest absolute Gasteiger partial charge is 0.508 e. The molecule has 0 bridgehead atoms. The first-order chi connectivity index (χ1) is 8.40. The Hall–Kier alpha value is -1.75. The van der Waals surface area contributed by atoms with E-state index < -0.39 is 0 Å². The molecule has 96 valence electrons. The zero-order chi connectivity index (χ0) is 13.4. The SMILES string of the molecule is C=C(O)c1cc(N(C)C(C)C)c2nc(N)sc2c1. The first kappa shape index (κ1) is 12.7. The van der Waals surface area contributed by atoms with Crippen molar-refractivity contribution >= 4 is 38.1 Å². The third-order valence-electron chi connectivity index (χ3n) is 2.98. The van der Waals surface area contributed by atoms with E-state index in [9.17, 15) is 5.11 Å². The fourth-order valence-corrected chi connectivity index (χ4v) is 2.54. The number of hydrogen-bond acceptors (Lipinski definition) is 5. The summed E-state index contributed by atoms with van der Waals surface area (Å²) in [6, 6.07) is 4.09. The Bertz CT molecular complexity index is 604. The zero-order valence-electron chi connectivity index (χ0n) is 10.8. The molecule has 0 amide bonds. The van der Waals surface area contributed by atoms with Crippen LogP contribution in [0.1, 0.15) is 19.4 Å². The summed E-state index contributed by atoms with van der Waals surface area (Å²) in [5, 5.41) is 10.1. The first-order valence-corrected chi connectivity index (χ1v) is 6.53. The molecule has 0 unspecified atom stereocenters. The van der Waals surface area contributed by atoms with Crippen molar-refractivity contribution in [2.45, 2.75) is 19.9 Å². The third-order valence-corrected chi connectivity index (χ3v) is 3.81. The highest BCUT2D eigenvalue weighted by molar-refractivity contribution is 7.22. The van der Waals surface area contributed by atoms with E-state index >= 15 is 0 Å². The molecule has 0 aliphatic rings. The molecule has 1 aromatic heterocycles. The lowest BCUT2D eigenvalue weighted by Crippen LogP contribution is -2.25. The van der Waals surface area contributed by atoms with E-state index in [0.717, 1.165) is 15.9 Å². The van der Waals surface area contributed by atoms with Crippen LogP contribution < -0.4 is 10.6 Å². The van der Waals surface area contributed by atoms with E-state index in [-0.39, 0.29) is 5.76 Å². The molecule has 0 aliphatic carbocycles. The minimum Gasteiger partial charge on any atom is -0.508 e. The number of aromatic nitrogens is 1. The Kier molecular flexibility index (Phi) is 3.17. The van der Waals surface area contributed by atoms with Crippen LogP contribution in [0.15, 0.2) is 18.7 Å². The molecular weight excluding hydrogens is 246 g/mol. The molecule has 3 N–H and O–H groups in total. The molecule has 5 heteroatoms. The molecule has 0 fully saturated rings. The maximum Gasteiger partial charge on any atom is 0.181 e. The van der Waals surface area contributed by atoms with Crippen molar-refractivity contribution in [3.63, 3.8) is 0 Å². The van der Waals surface area contributed by atoms with Crippen molar-refractivity contribution in [3.8, 4) is 0 Å². The van der Waals surface area contributed by atoms with E-state index in [1.807, 2.05) is 19.2 Å². The van der Waals surface area contributed by atoms with Gasteiger partial charge in [0.1, 0.15) is 11.3 Å². The van der Waals surface area contributed by atoms with Crippen molar-refractivity contribution in [1.82, 2.24) is 4.98 Å². The second-order valence-corrected chi connectivity index (χ2v) is 5.61. The summed E-state index contributed by atoms with van der Waals surface area (Å²) in [4.78, 5) is 6.47. The van der Waals surface area contributed by atoms with Gasteiger partial charge in [-0.2, -0.15) is 0 Å². The van der Waals surface area contributed by atoms with Gasteiger partial charge in [0.05, 0.1) is 10.4 Å². The Morgan fingerprint density at radius 2 is 2.17 bits per heavy atom. The van der Waals surface area contributed by atoms with Crippen LogP contribution in [0.2, 0.25) is 0 Å². The molecular formula is C13H17N3OS. The monoisotopic (exact) mass is 263 g/mol. The molecule has 4 nitrogen and oxygen atoms in total. The summed E-state index contributed by atoms with van der Waals surface area (Å²) < 4.78 is 0.961. The van der Waals surface area contributed by atoms with E-state index in [2.05, 4.69) is 30.3 Å². The zero-order valence-corrected chi connectivity index (χ0v) is 11.6. The number of aliphatic hydroxyl groups excluding tert-OH is 1. The number of thiazole rings is 1. The number of benzene rings is 1. The number of fused-ring (bicyclic) bond motifs is 1. The molecule has 0 atom stereocenters. The highest BCUT2D eigenvalue weighted by Crippen LogP contribution is 2.34. The van der Waals surface area contributed by atoms with Gasteiger partial charge in [-0.1, -0.05) is 17.9 Å². The smallest absolute Gasteiger partial charge is 0.181 e. The van der Waals surface area contributed by atoms with E-state index in [1.54, 1.807) is 0 Å². The van der Waals surface area contributed by atoms with Gasteiger partial charge < -0.3 is 15.7 Å². The molecule has 0 aliphatic heterocycles. The predicted octanol–water partition coefficient (Wildman–Crippen LogP) is 3.25. The standard InChI is InChI=1S/C13H17N3OS/c1-7(2)16(4)10-5-9(8(3)17)6-11-12(10)15-13(14)18-11/h5-7,17H,3H2,1-2,4H3,(H2,14,15). The summed E-state index contributed by atoms with van der Waals surface area (Å²) >= 11 is 1.41. The van der Waals surface area contributed by atoms with Crippen LogP contribution in [0, 0.1) is 0 Å². The second-order valence-electron chi connectivity index (χ2n) is 4.55. The van der Waals surface area contributed by atoms with Crippen molar-refractivity contribution in [1.29, 1.82) is 0 Å². The molecule has 0 spiro atoms. The van der Waals surface area contributed by atoms with Gasteiger partial charge in [-0.05, 0) is 26.0 Å². The van der Waals surface area contributed by atoms with Gasteiger partial charge in [0.15, 0.2) is 5.13 Å². The highest BCUT2D eigenvalue weighted by Gasteiger charge is 2.15. The molecule has 1 aromatic carbocycles. The average Bonchev–Trinajstić information content (AvgIpc) is 2.66. The summed E-state index contributed by atoms with van der Waals surface area (Å²) in [5.74, 6) is 0.0577. The van der Waals surface area contributed by atoms with Gasteiger partial charge in [0.25, 0.3) is 0 Å². The van der Waals surface area contributed by atoms with Crippen molar-refractivity contribution in [3.05, 3.63) is 24.3 Å². The lowest BCUT2D eigenvalue weighted by atomic mass is 10.1. The molecule has 18 heavy (non-hydrogen) atoms. The Morgan fingerprint density at radius 3 is 2.72 bits per heavy atom. The second kappa shape index (κ2) is 4.49. The number of nitrogens with zero attached hydrogens (tertiary/aromatic N) is 2. The number of rotatable bonds is 3. The van der Waals surface area contributed by atoms with Gasteiger partial charge in [0.2, 0.25) is 0 Å². The predicted molar refractivity (Wildman–Crippen MR) is 79.2 cm³/mol. The van der Waals surface area contributed by atoms with Crippen LogP contribution in [0.3, 0.4) is 0 Å². The molecule has 0 radical (unpaired) electrons. The normalized spacial score (nSPS) is 11.1. The van der Waals surface area contributed by atoms with E-state index in [4.69, 9.17) is 5.73 Å². The lowest BCUT2D eigenvalue weighted by molar-refractivity contribution is 0.514. The molecule has 1 heterocycles. The Balaban J connectivity index is 2.71. The van der Waals surface area contributed by atoms with Crippen molar-refractivity contribution in [2.24, 2.45) is 0 Å². The lowest BCUT2D eigenvalue weighted by Gasteiger charge is -2.24. The van der Waals surface area contributed by atoms with Crippen LogP contribution in [0.5, 0.6) is 0 Å². The van der Waals surface area contributed by atoms with Gasteiger partial charge in [-0.25, -0.2) is 4.98 Å². The third kappa shape index (κ3) is 2.13. The van der Waals surface area contributed by atoms with E-state index in [1.165, 1.54) is 11.3 Å². The number of anilines is 2. The number of nitrogens with two attached hydrogens (primary N) is 1. The van der Waals surface area contributed by atoms with Crippen LogP contribution in [0.4, 0.5) is 10.8 Å². The molecule has 0 saturated carbocycles. The van der Waals surface area contributed by atoms with Crippen LogP contribution in [0.25, 0.3) is 16.0 Å². The van der Waals surface area contributed by atoms with Gasteiger partial charge in [-0.3, -0.25) is 0 Å². The molecule has 0 saturated heterocycles. The highest BCUT2D eigenvalue weighted by atomic mass is 32.1. The summed E-state index contributed by atoms with van der Waals surface area (Å²) in [6.45, 7) is 7.77. The minimum atomic E-state index is 0.0577. The van der Waals surface area contributed by atoms with Gasteiger partial charge in [-0.15, -0.1) is 0 Å². The van der Waals surface area contributed by atoms with Crippen LogP contribution in [-0.2, 0) is 0 Å². The van der Waals surface area contributed by atoms with Gasteiger partial charge in [0, 0.05) is 18.7 Å². The number of aliphatic hydroxyl groups is 1. The fraction of sp³-hybridized carbons (Fsp3) is 0.308. The van der Waals surface area contributed by atoms with Crippen molar-refractivity contribution < 1.29 is 5.11 Å². The van der Waals surface area contributed by atoms with Crippen LogP contribution in [-0.4, -0.2) is 23.2 Å². The van der Waals surface area contributed by atoms with Crippen LogP contribution >= 0.6 is 11.3 Å². The first-order valence-electron chi connectivity index (χ1n) is 5.71. The minimum absolute atomic E-state index is 0.0577.